The summed E-state index contributed by atoms with van der Waals surface area (Å²) < 4.78 is 0.573. The van der Waals surface area contributed by atoms with Crippen molar-refractivity contribution in [1.29, 1.82) is 0 Å². The number of hydroxylamine groups is 2. The third kappa shape index (κ3) is 2.88. The Balaban J connectivity index is 1.17. The molecule has 4 amide bonds. The molecule has 7 rings (SSSR count). The molecule has 0 saturated carbocycles. The first-order valence-electron chi connectivity index (χ1n) is 10.7. The molecular weight excluding hydrogens is 452 g/mol. The predicted molar refractivity (Wildman–Crippen MR) is 119 cm³/mol. The van der Waals surface area contributed by atoms with Gasteiger partial charge in [0.25, 0.3) is 11.8 Å². The van der Waals surface area contributed by atoms with Gasteiger partial charge >= 0.3 is 6.03 Å². The van der Waals surface area contributed by atoms with Gasteiger partial charge in [-0.05, 0) is 49.1 Å². The van der Waals surface area contributed by atoms with E-state index >= 15 is 0 Å². The third-order valence-electron chi connectivity index (χ3n) is 6.88. The summed E-state index contributed by atoms with van der Waals surface area (Å²) in [4.78, 5) is 47.9. The molecule has 0 spiro atoms. The number of rotatable bonds is 4. The van der Waals surface area contributed by atoms with Gasteiger partial charge in [0.1, 0.15) is 0 Å². The molecule has 6 heterocycles. The fraction of sp³-hybridized carbons (Fsp3) is 0.409. The Hall–Kier alpha value is -2.62. The van der Waals surface area contributed by atoms with E-state index < -0.39 is 5.60 Å². The van der Waals surface area contributed by atoms with Crippen LogP contribution in [0.4, 0.5) is 10.5 Å². The number of amides is 4. The van der Waals surface area contributed by atoms with Crippen LogP contribution in [0.2, 0.25) is 4.34 Å². The van der Waals surface area contributed by atoms with Crippen LogP contribution in [-0.4, -0.2) is 59.5 Å². The second-order valence-electron chi connectivity index (χ2n) is 8.60. The van der Waals surface area contributed by atoms with E-state index in [4.69, 9.17) is 16.4 Å². The lowest BCUT2D eigenvalue weighted by molar-refractivity contribution is -0.332. The van der Waals surface area contributed by atoms with Crippen molar-refractivity contribution in [2.45, 2.75) is 36.9 Å². The summed E-state index contributed by atoms with van der Waals surface area (Å²) in [6, 6.07) is 10.7. The van der Waals surface area contributed by atoms with E-state index in [1.165, 1.54) is 16.4 Å². The van der Waals surface area contributed by atoms with Crippen LogP contribution < -0.4 is 10.2 Å². The molecule has 5 aliphatic heterocycles. The fourth-order valence-corrected chi connectivity index (χ4v) is 6.18. The highest BCUT2D eigenvalue weighted by Crippen LogP contribution is 2.46. The quantitative estimate of drug-likeness (QED) is 0.741. The normalized spacial score (nSPS) is 28.7. The number of nitrogens with zero attached hydrogens (tertiary/aromatic N) is 3. The van der Waals surface area contributed by atoms with E-state index in [1.54, 1.807) is 17.0 Å². The molecule has 8 nitrogen and oxygen atoms in total. The van der Waals surface area contributed by atoms with Crippen molar-refractivity contribution in [1.82, 2.24) is 15.3 Å². The van der Waals surface area contributed by atoms with Crippen molar-refractivity contribution >= 4 is 46.5 Å². The Bertz CT molecular complexity index is 1120. The standard InChI is InChI=1S/C22H21ClN4O4S/c23-18-7-6-17(32-18)19(28)24-15-8-11-25-16(15)12-26(21(25)30)14-4-2-13(3-5-14)22-9-1-10-27(31-22)20(22)29/h2-7,15-16H,1,8-12H2,(H,24,28)/t15-,16-,22?/m1/s1. The van der Waals surface area contributed by atoms with Crippen molar-refractivity contribution in [3.63, 3.8) is 0 Å². The van der Waals surface area contributed by atoms with Crippen molar-refractivity contribution in [2.24, 2.45) is 0 Å². The third-order valence-corrected chi connectivity index (χ3v) is 8.11. The van der Waals surface area contributed by atoms with Crippen LogP contribution in [0.3, 0.4) is 0 Å². The maximum atomic E-state index is 13.0. The molecule has 2 bridgehead atoms. The van der Waals surface area contributed by atoms with E-state index in [0.717, 1.165) is 24.1 Å². The summed E-state index contributed by atoms with van der Waals surface area (Å²) in [6.07, 6.45) is 2.32. The van der Waals surface area contributed by atoms with E-state index in [9.17, 15) is 14.4 Å². The van der Waals surface area contributed by atoms with Crippen LogP contribution in [0.15, 0.2) is 36.4 Å². The average Bonchev–Trinajstić information content (AvgIpc) is 3.51. The zero-order valence-electron chi connectivity index (χ0n) is 17.1. The summed E-state index contributed by atoms with van der Waals surface area (Å²) in [5.41, 5.74) is 0.750. The molecule has 1 aromatic carbocycles. The highest BCUT2D eigenvalue weighted by Gasteiger charge is 2.58. The van der Waals surface area contributed by atoms with E-state index in [-0.39, 0.29) is 29.9 Å². The molecule has 5 saturated heterocycles. The summed E-state index contributed by atoms with van der Waals surface area (Å²) in [6.45, 7) is 1.76. The first kappa shape index (κ1) is 20.0. The molecular formula is C22H21ClN4O4S. The number of hydrogen-bond donors (Lipinski definition) is 1. The number of anilines is 1. The van der Waals surface area contributed by atoms with Gasteiger partial charge < -0.3 is 10.2 Å². The second-order valence-corrected chi connectivity index (χ2v) is 10.3. The van der Waals surface area contributed by atoms with Crippen molar-refractivity contribution in [2.75, 3.05) is 24.5 Å². The zero-order valence-corrected chi connectivity index (χ0v) is 18.7. The maximum Gasteiger partial charge on any atom is 0.324 e. The number of thiophene rings is 1. The van der Waals surface area contributed by atoms with Crippen LogP contribution in [0.5, 0.6) is 0 Å². The van der Waals surface area contributed by atoms with Gasteiger partial charge in [0.05, 0.1) is 27.8 Å². The van der Waals surface area contributed by atoms with E-state index in [0.29, 0.717) is 35.3 Å². The molecule has 5 fully saturated rings. The number of halogens is 1. The number of urea groups is 1. The predicted octanol–water partition coefficient (Wildman–Crippen LogP) is 2.98. The highest BCUT2D eigenvalue weighted by molar-refractivity contribution is 7.18. The minimum absolute atomic E-state index is 0.0139. The first-order chi connectivity index (χ1) is 15.5. The largest absolute Gasteiger partial charge is 0.346 e. The van der Waals surface area contributed by atoms with Crippen molar-refractivity contribution < 1.29 is 19.2 Å². The smallest absolute Gasteiger partial charge is 0.324 e. The lowest BCUT2D eigenvalue weighted by Crippen LogP contribution is -2.65. The van der Waals surface area contributed by atoms with Gasteiger partial charge in [0.15, 0.2) is 0 Å². The Morgan fingerprint density at radius 2 is 1.97 bits per heavy atom. The van der Waals surface area contributed by atoms with Crippen LogP contribution in [0, 0.1) is 0 Å². The highest BCUT2D eigenvalue weighted by atomic mass is 35.5. The number of carbonyl (C=O) groups excluding carboxylic acids is 3. The minimum Gasteiger partial charge on any atom is -0.346 e. The zero-order chi connectivity index (χ0) is 22.0. The Morgan fingerprint density at radius 3 is 2.66 bits per heavy atom. The molecule has 166 valence electrons. The Morgan fingerprint density at radius 1 is 1.16 bits per heavy atom. The molecule has 5 aliphatic rings. The van der Waals surface area contributed by atoms with Crippen molar-refractivity contribution in [3.8, 4) is 0 Å². The minimum atomic E-state index is -0.855. The van der Waals surface area contributed by atoms with Gasteiger partial charge in [-0.1, -0.05) is 23.7 Å². The molecule has 32 heavy (non-hydrogen) atoms. The molecule has 1 aromatic heterocycles. The lowest BCUT2D eigenvalue weighted by atomic mass is 9.83. The lowest BCUT2D eigenvalue weighted by Gasteiger charge is -2.51. The molecule has 0 aliphatic carbocycles. The molecule has 1 unspecified atom stereocenters. The van der Waals surface area contributed by atoms with Crippen LogP contribution in [0.1, 0.15) is 34.5 Å². The Labute approximate surface area is 193 Å². The number of piperidine rings is 1. The van der Waals surface area contributed by atoms with Crippen LogP contribution in [0.25, 0.3) is 0 Å². The molecule has 1 N–H and O–H groups in total. The fourth-order valence-electron chi connectivity index (χ4n) is 5.23. The Kier molecular flexibility index (Phi) is 4.50. The van der Waals surface area contributed by atoms with Crippen LogP contribution in [-0.2, 0) is 15.2 Å². The van der Waals surface area contributed by atoms with E-state index in [2.05, 4.69) is 5.32 Å². The second kappa shape index (κ2) is 7.19. The topological polar surface area (TPSA) is 82.2 Å². The summed E-state index contributed by atoms with van der Waals surface area (Å²) >= 11 is 7.19. The molecule has 10 heteroatoms. The van der Waals surface area contributed by atoms with E-state index in [1.807, 2.05) is 29.2 Å². The number of nitrogens with one attached hydrogen (secondary N) is 1. The van der Waals surface area contributed by atoms with Gasteiger partial charge in [0.2, 0.25) is 5.60 Å². The van der Waals surface area contributed by atoms with Gasteiger partial charge in [-0.3, -0.25) is 14.5 Å². The number of carbonyl (C=O) groups is 3. The number of hydrogen-bond acceptors (Lipinski definition) is 5. The summed E-state index contributed by atoms with van der Waals surface area (Å²) in [7, 11) is 0. The van der Waals surface area contributed by atoms with Gasteiger partial charge in [-0.15, -0.1) is 11.3 Å². The number of fused-ring (bicyclic) bond motifs is 3. The first-order valence-corrected chi connectivity index (χ1v) is 11.9. The van der Waals surface area contributed by atoms with Crippen LogP contribution >= 0.6 is 22.9 Å². The molecule has 2 aromatic rings. The number of benzene rings is 1. The summed E-state index contributed by atoms with van der Waals surface area (Å²) in [5.74, 6) is -0.144. The molecule has 3 atom stereocenters. The SMILES string of the molecule is O=C(N[C@@H]1CCN2C(=O)N(c3ccc(C45CCCN(O4)C5=O)cc3)C[C@H]12)c1ccc(Cl)s1. The summed E-state index contributed by atoms with van der Waals surface area (Å²) in [5, 5.41) is 4.50. The monoisotopic (exact) mass is 472 g/mol. The maximum absolute atomic E-state index is 13.0. The van der Waals surface area contributed by atoms with Gasteiger partial charge in [0, 0.05) is 18.8 Å². The van der Waals surface area contributed by atoms with Gasteiger partial charge in [-0.25, -0.2) is 14.7 Å². The average molecular weight is 473 g/mol. The van der Waals surface area contributed by atoms with Gasteiger partial charge in [-0.2, -0.15) is 0 Å². The van der Waals surface area contributed by atoms with Crippen molar-refractivity contribution in [3.05, 3.63) is 51.2 Å². The molecule has 0 radical (unpaired) electrons.